The zero-order valence-electron chi connectivity index (χ0n) is 11.8. The first-order chi connectivity index (χ1) is 11.3. The van der Waals surface area contributed by atoms with Gasteiger partial charge in [0.15, 0.2) is 5.16 Å². The zero-order valence-corrected chi connectivity index (χ0v) is 15.8. The van der Waals surface area contributed by atoms with Gasteiger partial charge in [0.25, 0.3) is 0 Å². The number of fused-ring (bicyclic) bond motifs is 1. The summed E-state index contributed by atoms with van der Waals surface area (Å²) in [5.74, 6) is 0. The van der Waals surface area contributed by atoms with Crippen LogP contribution in [-0.4, -0.2) is 19.8 Å². The lowest BCUT2D eigenvalue weighted by molar-refractivity contribution is 0.370. The van der Waals surface area contributed by atoms with Crippen molar-refractivity contribution >= 4 is 65.2 Å². The van der Waals surface area contributed by atoms with Gasteiger partial charge in [-0.1, -0.05) is 58.7 Å². The standard InChI is InChI=1S/C14H10Cl3N2O3PS/c15-7-5-6-8(16)12(17)11(7)13(23(20,21)22)24-14-18-9-3-1-2-4-10(9)19-14/h1-6,13H,(H,18,19)(H2,20,21,22). The van der Waals surface area contributed by atoms with Crippen molar-refractivity contribution < 1.29 is 14.4 Å². The molecule has 2 aromatic carbocycles. The molecule has 1 aromatic heterocycles. The number of para-hydroxylation sites is 2. The summed E-state index contributed by atoms with van der Waals surface area (Å²) in [6.45, 7) is 0. The average molecular weight is 424 g/mol. The van der Waals surface area contributed by atoms with Crippen molar-refractivity contribution in [1.82, 2.24) is 9.97 Å². The molecule has 0 aliphatic heterocycles. The van der Waals surface area contributed by atoms with Crippen molar-refractivity contribution in [2.24, 2.45) is 0 Å². The summed E-state index contributed by atoms with van der Waals surface area (Å²) in [4.78, 5) is 25.6. The second-order valence-corrected chi connectivity index (χ2v) is 9.21. The number of benzene rings is 2. The number of thioether (sulfide) groups is 1. The molecule has 10 heteroatoms. The third kappa shape index (κ3) is 3.60. The van der Waals surface area contributed by atoms with Crippen molar-refractivity contribution in [2.45, 2.75) is 10.1 Å². The van der Waals surface area contributed by atoms with Gasteiger partial charge >= 0.3 is 7.60 Å². The van der Waals surface area contributed by atoms with Gasteiger partial charge in [-0.15, -0.1) is 0 Å². The Labute approximate surface area is 156 Å². The van der Waals surface area contributed by atoms with Gasteiger partial charge in [-0.3, -0.25) is 4.57 Å². The Morgan fingerprint density at radius 2 is 1.75 bits per heavy atom. The van der Waals surface area contributed by atoms with Crippen LogP contribution in [0.15, 0.2) is 41.6 Å². The predicted octanol–water partition coefficient (Wildman–Crippen LogP) is 5.49. The van der Waals surface area contributed by atoms with Gasteiger partial charge in [0.1, 0.15) is 4.99 Å². The molecule has 0 aliphatic rings. The number of imidazole rings is 1. The van der Waals surface area contributed by atoms with Gasteiger partial charge in [0.05, 0.1) is 21.1 Å². The number of nitrogens with one attached hydrogen (secondary N) is 1. The van der Waals surface area contributed by atoms with E-state index in [1.54, 1.807) is 6.07 Å². The van der Waals surface area contributed by atoms with Crippen molar-refractivity contribution in [3.8, 4) is 0 Å². The van der Waals surface area contributed by atoms with E-state index in [4.69, 9.17) is 34.8 Å². The maximum atomic E-state index is 12.0. The van der Waals surface area contributed by atoms with Crippen LogP contribution in [0.25, 0.3) is 11.0 Å². The number of H-pyrrole nitrogens is 1. The molecular weight excluding hydrogens is 414 g/mol. The molecule has 0 fully saturated rings. The molecule has 0 radical (unpaired) electrons. The number of hydrogen-bond donors (Lipinski definition) is 3. The number of rotatable bonds is 4. The van der Waals surface area contributed by atoms with Crippen molar-refractivity contribution in [2.75, 3.05) is 0 Å². The first-order valence-corrected chi connectivity index (χ1v) is 10.3. The molecule has 0 saturated heterocycles. The highest BCUT2D eigenvalue weighted by Gasteiger charge is 2.36. The fraction of sp³-hybridized carbons (Fsp3) is 0.0714. The van der Waals surface area contributed by atoms with E-state index in [-0.39, 0.29) is 20.6 Å². The molecule has 0 aliphatic carbocycles. The number of aromatic amines is 1. The Kier molecular flexibility index (Phi) is 5.19. The Balaban J connectivity index is 2.08. The van der Waals surface area contributed by atoms with Crippen LogP contribution < -0.4 is 0 Å². The summed E-state index contributed by atoms with van der Waals surface area (Å²) in [5.41, 5.74) is 1.53. The Morgan fingerprint density at radius 3 is 2.42 bits per heavy atom. The second kappa shape index (κ2) is 6.89. The monoisotopic (exact) mass is 422 g/mol. The van der Waals surface area contributed by atoms with Crippen LogP contribution in [0.1, 0.15) is 10.6 Å². The van der Waals surface area contributed by atoms with E-state index in [0.717, 1.165) is 17.3 Å². The summed E-state index contributed by atoms with van der Waals surface area (Å²) >= 11 is 19.1. The van der Waals surface area contributed by atoms with E-state index in [9.17, 15) is 14.4 Å². The molecule has 0 spiro atoms. The van der Waals surface area contributed by atoms with Gasteiger partial charge in [0, 0.05) is 10.6 Å². The van der Waals surface area contributed by atoms with Crippen LogP contribution >= 0.6 is 54.2 Å². The summed E-state index contributed by atoms with van der Waals surface area (Å²) in [6, 6.07) is 10.2. The lowest BCUT2D eigenvalue weighted by Gasteiger charge is -2.20. The van der Waals surface area contributed by atoms with Crippen LogP contribution in [0.4, 0.5) is 0 Å². The van der Waals surface area contributed by atoms with Crippen LogP contribution in [0, 0.1) is 0 Å². The minimum Gasteiger partial charge on any atom is -0.333 e. The maximum Gasteiger partial charge on any atom is 0.343 e. The van der Waals surface area contributed by atoms with E-state index < -0.39 is 12.6 Å². The molecule has 3 rings (SSSR count). The molecule has 1 unspecified atom stereocenters. The van der Waals surface area contributed by atoms with Crippen molar-refractivity contribution in [1.29, 1.82) is 0 Å². The second-order valence-electron chi connectivity index (χ2n) is 4.88. The lowest BCUT2D eigenvalue weighted by Crippen LogP contribution is -1.99. The van der Waals surface area contributed by atoms with Crippen LogP contribution in [0.5, 0.6) is 0 Å². The third-order valence-corrected chi connectivity index (χ3v) is 7.26. The van der Waals surface area contributed by atoms with E-state index in [0.29, 0.717) is 10.7 Å². The summed E-state index contributed by atoms with van der Waals surface area (Å²) in [5, 5.41) is 0.652. The van der Waals surface area contributed by atoms with Gasteiger partial charge in [0.2, 0.25) is 0 Å². The van der Waals surface area contributed by atoms with Gasteiger partial charge in [-0.25, -0.2) is 4.98 Å². The highest BCUT2D eigenvalue weighted by molar-refractivity contribution is 8.04. The number of aromatic nitrogens is 2. The summed E-state index contributed by atoms with van der Waals surface area (Å²) in [6.07, 6.45) is 0. The minimum absolute atomic E-state index is 0.0149. The smallest absolute Gasteiger partial charge is 0.333 e. The molecule has 0 bridgehead atoms. The van der Waals surface area contributed by atoms with Crippen LogP contribution in [0.3, 0.4) is 0 Å². The predicted molar refractivity (Wildman–Crippen MR) is 98.2 cm³/mol. The Hall–Kier alpha value is -0.720. The summed E-state index contributed by atoms with van der Waals surface area (Å²) in [7, 11) is -4.60. The average Bonchev–Trinajstić information content (AvgIpc) is 2.92. The fourth-order valence-corrected chi connectivity index (χ4v) is 5.54. The van der Waals surface area contributed by atoms with E-state index in [1.165, 1.54) is 12.1 Å². The Bertz CT molecular complexity index is 927. The van der Waals surface area contributed by atoms with Gasteiger partial charge in [-0.05, 0) is 24.3 Å². The first-order valence-electron chi connectivity index (χ1n) is 6.57. The van der Waals surface area contributed by atoms with E-state index >= 15 is 0 Å². The van der Waals surface area contributed by atoms with Crippen LogP contribution in [0.2, 0.25) is 15.1 Å². The zero-order chi connectivity index (χ0) is 17.5. The van der Waals surface area contributed by atoms with Crippen molar-refractivity contribution in [3.05, 3.63) is 57.0 Å². The largest absolute Gasteiger partial charge is 0.343 e. The highest BCUT2D eigenvalue weighted by atomic mass is 35.5. The molecule has 0 saturated carbocycles. The first kappa shape index (κ1) is 18.1. The highest BCUT2D eigenvalue weighted by Crippen LogP contribution is 2.62. The Morgan fingerprint density at radius 1 is 1.08 bits per heavy atom. The van der Waals surface area contributed by atoms with Crippen molar-refractivity contribution in [3.63, 3.8) is 0 Å². The molecule has 3 N–H and O–H groups in total. The fourth-order valence-electron chi connectivity index (χ4n) is 2.16. The van der Waals surface area contributed by atoms with Crippen LogP contribution in [-0.2, 0) is 4.57 Å². The minimum atomic E-state index is -4.60. The van der Waals surface area contributed by atoms with Gasteiger partial charge < -0.3 is 14.8 Å². The number of nitrogens with zero attached hydrogens (tertiary/aromatic N) is 1. The molecule has 1 atom stereocenters. The molecular formula is C14H10Cl3N2O3PS. The molecule has 3 aromatic rings. The maximum absolute atomic E-state index is 12.0. The molecule has 0 amide bonds. The summed E-state index contributed by atoms with van der Waals surface area (Å²) < 4.78 is 12.0. The number of hydrogen-bond acceptors (Lipinski definition) is 3. The normalized spacial score (nSPS) is 13.4. The van der Waals surface area contributed by atoms with E-state index in [2.05, 4.69) is 9.97 Å². The number of halogens is 3. The van der Waals surface area contributed by atoms with Gasteiger partial charge in [-0.2, -0.15) is 0 Å². The SMILES string of the molecule is O=P(O)(O)C(Sc1nc2ccccc2[nH]1)c1c(Cl)ccc(Cl)c1Cl. The lowest BCUT2D eigenvalue weighted by atomic mass is 10.2. The molecule has 126 valence electrons. The third-order valence-electron chi connectivity index (χ3n) is 3.22. The molecule has 1 heterocycles. The topological polar surface area (TPSA) is 86.2 Å². The van der Waals surface area contributed by atoms with E-state index in [1.807, 2.05) is 18.2 Å². The molecule has 24 heavy (non-hydrogen) atoms. The molecule has 5 nitrogen and oxygen atoms in total. The quantitative estimate of drug-likeness (QED) is 0.293.